The van der Waals surface area contributed by atoms with Crippen LogP contribution in [-0.2, 0) is 0 Å². The number of fused-ring (bicyclic) bond motifs is 1. The Morgan fingerprint density at radius 1 is 1.17 bits per heavy atom. The summed E-state index contributed by atoms with van der Waals surface area (Å²) < 4.78 is 0. The second-order valence-corrected chi connectivity index (χ2v) is 11.4. The first-order valence-corrected chi connectivity index (χ1v) is 12.2. The molecule has 0 heterocycles. The molecule has 0 amide bonds. The summed E-state index contributed by atoms with van der Waals surface area (Å²) in [6.45, 7) is 12.6. The van der Waals surface area contributed by atoms with E-state index in [4.69, 9.17) is 0 Å². The summed E-state index contributed by atoms with van der Waals surface area (Å²) in [7, 11) is 0. The maximum absolute atomic E-state index is 10.1. The third-order valence-corrected chi connectivity index (χ3v) is 8.47. The summed E-state index contributed by atoms with van der Waals surface area (Å²) >= 11 is 0. The Balaban J connectivity index is 1.67. The molecule has 3 saturated carbocycles. The smallest absolute Gasteiger partial charge is 0.0809 e. The second-order valence-electron chi connectivity index (χ2n) is 11.4. The summed E-state index contributed by atoms with van der Waals surface area (Å²) in [5.41, 5.74) is 3.11. The van der Waals surface area contributed by atoms with Gasteiger partial charge in [-0.1, -0.05) is 56.6 Å². The van der Waals surface area contributed by atoms with Crippen LogP contribution in [0.1, 0.15) is 91.9 Å². The van der Waals surface area contributed by atoms with Gasteiger partial charge in [0.25, 0.3) is 0 Å². The highest BCUT2D eigenvalue weighted by Gasteiger charge is 2.50. The molecule has 0 bridgehead atoms. The van der Waals surface area contributed by atoms with Crippen LogP contribution in [0.5, 0.6) is 0 Å². The average molecular weight is 417 g/mol. The van der Waals surface area contributed by atoms with Crippen molar-refractivity contribution in [1.82, 2.24) is 0 Å². The standard InChI is InChI=1S/C27H44O3/c1-18(8-6-14-26(3,4)30)22-12-13-23-21(9-7-15-27(22,23)5)11-10-20-16-24(28)19(2)25(29)17-20/h10-11,18,22-25,28-30H,2,6-9,12-17H2,1,3-5H3/b21-11+/t18-,22-,23-,24-,25-,27-/m1/s1. The van der Waals surface area contributed by atoms with Crippen molar-refractivity contribution in [2.45, 2.75) is 110 Å². The highest BCUT2D eigenvalue weighted by atomic mass is 16.3. The molecule has 3 aliphatic rings. The monoisotopic (exact) mass is 416 g/mol. The van der Waals surface area contributed by atoms with Crippen molar-refractivity contribution in [2.75, 3.05) is 0 Å². The third-order valence-electron chi connectivity index (χ3n) is 8.47. The fourth-order valence-electron chi connectivity index (χ4n) is 6.70. The number of allylic oxidation sites excluding steroid dienone is 3. The van der Waals surface area contributed by atoms with Gasteiger partial charge in [0.05, 0.1) is 17.8 Å². The highest BCUT2D eigenvalue weighted by Crippen LogP contribution is 2.60. The SMILES string of the molecule is C=C1[C@H](O)CC(=C/C=C2\CCC[C@@]3(C)[C@@H]2CC[C@@H]3[C@H](C)CCCC(C)(C)O)C[C@H]1O. The Hall–Kier alpha value is -0.900. The minimum Gasteiger partial charge on any atom is -0.390 e. The molecule has 0 aliphatic heterocycles. The fraction of sp³-hybridized carbons (Fsp3) is 0.778. The first-order valence-electron chi connectivity index (χ1n) is 12.2. The topological polar surface area (TPSA) is 60.7 Å². The van der Waals surface area contributed by atoms with Crippen molar-refractivity contribution in [2.24, 2.45) is 23.2 Å². The van der Waals surface area contributed by atoms with Crippen molar-refractivity contribution in [3.63, 3.8) is 0 Å². The van der Waals surface area contributed by atoms with E-state index in [0.717, 1.165) is 24.3 Å². The fourth-order valence-corrected chi connectivity index (χ4v) is 6.70. The van der Waals surface area contributed by atoms with Crippen molar-refractivity contribution in [3.05, 3.63) is 35.5 Å². The van der Waals surface area contributed by atoms with Gasteiger partial charge in [-0.25, -0.2) is 0 Å². The molecule has 3 nitrogen and oxygen atoms in total. The van der Waals surface area contributed by atoms with E-state index in [1.807, 2.05) is 13.8 Å². The molecule has 3 rings (SSSR count). The maximum Gasteiger partial charge on any atom is 0.0809 e. The van der Waals surface area contributed by atoms with Crippen LogP contribution in [0.2, 0.25) is 0 Å². The minimum absolute atomic E-state index is 0.386. The number of hydrogen-bond donors (Lipinski definition) is 3. The maximum atomic E-state index is 10.1. The second kappa shape index (κ2) is 9.30. The zero-order valence-electron chi connectivity index (χ0n) is 19.7. The Labute approximate surface area is 184 Å². The van der Waals surface area contributed by atoms with E-state index in [2.05, 4.69) is 32.6 Å². The Morgan fingerprint density at radius 3 is 2.47 bits per heavy atom. The first kappa shape index (κ1) is 23.8. The van der Waals surface area contributed by atoms with E-state index >= 15 is 0 Å². The Bertz CT molecular complexity index is 667. The van der Waals surface area contributed by atoms with Crippen LogP contribution in [0.4, 0.5) is 0 Å². The van der Waals surface area contributed by atoms with Gasteiger partial charge in [-0.05, 0) is 94.0 Å². The first-order chi connectivity index (χ1) is 14.0. The molecule has 0 spiro atoms. The van der Waals surface area contributed by atoms with Crippen LogP contribution in [0.3, 0.4) is 0 Å². The minimum atomic E-state index is -0.615. The highest BCUT2D eigenvalue weighted by molar-refractivity contribution is 5.29. The average Bonchev–Trinajstić information content (AvgIpc) is 3.00. The molecule has 3 heteroatoms. The van der Waals surface area contributed by atoms with Crippen molar-refractivity contribution in [1.29, 1.82) is 0 Å². The molecule has 3 fully saturated rings. The zero-order chi connectivity index (χ0) is 22.1. The molecule has 0 unspecified atom stereocenters. The summed E-state index contributed by atoms with van der Waals surface area (Å²) in [6, 6.07) is 0. The van der Waals surface area contributed by atoms with E-state index in [9.17, 15) is 15.3 Å². The van der Waals surface area contributed by atoms with Crippen LogP contribution in [0.25, 0.3) is 0 Å². The quantitative estimate of drug-likeness (QED) is 0.486. The molecule has 6 atom stereocenters. The molecule has 0 radical (unpaired) electrons. The van der Waals surface area contributed by atoms with Gasteiger partial charge in [0.1, 0.15) is 0 Å². The lowest BCUT2D eigenvalue weighted by molar-refractivity contribution is 0.0596. The zero-order valence-corrected chi connectivity index (χ0v) is 19.7. The molecule has 30 heavy (non-hydrogen) atoms. The number of aliphatic hydroxyl groups is 3. The number of aliphatic hydroxyl groups excluding tert-OH is 2. The molecule has 3 aliphatic carbocycles. The normalized spacial score (nSPS) is 37.4. The van der Waals surface area contributed by atoms with Crippen molar-refractivity contribution in [3.8, 4) is 0 Å². The van der Waals surface area contributed by atoms with E-state index in [1.54, 1.807) is 5.57 Å². The van der Waals surface area contributed by atoms with Gasteiger partial charge >= 0.3 is 0 Å². The van der Waals surface area contributed by atoms with Gasteiger partial charge in [-0.2, -0.15) is 0 Å². The summed E-state index contributed by atoms with van der Waals surface area (Å²) in [5, 5.41) is 30.3. The van der Waals surface area contributed by atoms with Gasteiger partial charge in [0.15, 0.2) is 0 Å². The molecular formula is C27H44O3. The molecule has 0 aromatic rings. The number of hydrogen-bond acceptors (Lipinski definition) is 3. The lowest BCUT2D eigenvalue weighted by Gasteiger charge is -2.44. The molecule has 0 saturated heterocycles. The van der Waals surface area contributed by atoms with E-state index in [-0.39, 0.29) is 0 Å². The lowest BCUT2D eigenvalue weighted by atomic mass is 9.60. The van der Waals surface area contributed by atoms with Gasteiger partial charge in [-0.15, -0.1) is 0 Å². The predicted molar refractivity (Wildman–Crippen MR) is 124 cm³/mol. The third kappa shape index (κ3) is 5.29. The summed E-state index contributed by atoms with van der Waals surface area (Å²) in [5.74, 6) is 2.13. The largest absolute Gasteiger partial charge is 0.390 e. The Morgan fingerprint density at radius 2 is 1.83 bits per heavy atom. The van der Waals surface area contributed by atoms with Crippen molar-refractivity contribution >= 4 is 0 Å². The van der Waals surface area contributed by atoms with Crippen LogP contribution in [0, 0.1) is 23.2 Å². The summed E-state index contributed by atoms with van der Waals surface area (Å²) in [4.78, 5) is 0. The number of rotatable bonds is 6. The molecular weight excluding hydrogens is 372 g/mol. The van der Waals surface area contributed by atoms with Gasteiger partial charge in [0.2, 0.25) is 0 Å². The van der Waals surface area contributed by atoms with E-state index in [0.29, 0.717) is 35.7 Å². The van der Waals surface area contributed by atoms with Gasteiger partial charge < -0.3 is 15.3 Å². The molecule has 0 aromatic carbocycles. The van der Waals surface area contributed by atoms with Gasteiger partial charge in [0, 0.05) is 0 Å². The Kier molecular flexibility index (Phi) is 7.37. The molecule has 0 aromatic heterocycles. The van der Waals surface area contributed by atoms with Crippen LogP contribution >= 0.6 is 0 Å². The van der Waals surface area contributed by atoms with E-state index < -0.39 is 17.8 Å². The predicted octanol–water partition coefficient (Wildman–Crippen LogP) is 5.70. The summed E-state index contributed by atoms with van der Waals surface area (Å²) in [6.07, 6.45) is 14.0. The lowest BCUT2D eigenvalue weighted by Crippen LogP contribution is -2.36. The van der Waals surface area contributed by atoms with Crippen LogP contribution in [0.15, 0.2) is 35.5 Å². The van der Waals surface area contributed by atoms with Crippen molar-refractivity contribution < 1.29 is 15.3 Å². The van der Waals surface area contributed by atoms with Crippen LogP contribution in [-0.4, -0.2) is 33.1 Å². The van der Waals surface area contributed by atoms with Crippen LogP contribution < -0.4 is 0 Å². The molecule has 170 valence electrons. The van der Waals surface area contributed by atoms with E-state index in [1.165, 1.54) is 38.5 Å². The molecule has 3 N–H and O–H groups in total. The van der Waals surface area contributed by atoms with Gasteiger partial charge in [-0.3, -0.25) is 0 Å².